The molecule has 3 heterocycles. The fraction of sp³-hybridized carbons (Fsp3) is 0.214. The molecule has 108 valence electrons. The molecule has 0 aromatic carbocycles. The predicted molar refractivity (Wildman–Crippen MR) is 77.4 cm³/mol. The number of hydrogen-bond acceptors (Lipinski definition) is 4. The van der Waals surface area contributed by atoms with E-state index in [2.05, 4.69) is 15.4 Å². The van der Waals surface area contributed by atoms with Crippen LogP contribution in [0.15, 0.2) is 30.6 Å². The Morgan fingerprint density at radius 1 is 1.43 bits per heavy atom. The minimum absolute atomic E-state index is 0.132. The first-order chi connectivity index (χ1) is 10.1. The lowest BCUT2D eigenvalue weighted by molar-refractivity contribution is 0.0690. The van der Waals surface area contributed by atoms with Gasteiger partial charge in [-0.3, -0.25) is 9.08 Å². The number of pyridine rings is 1. The topological polar surface area (TPSA) is 84.5 Å². The number of carbonyl (C=O) groups is 1. The molecule has 3 rings (SSSR count). The highest BCUT2D eigenvalue weighted by Gasteiger charge is 2.18. The minimum atomic E-state index is -1.01. The van der Waals surface area contributed by atoms with Crippen molar-refractivity contribution in [3.63, 3.8) is 0 Å². The van der Waals surface area contributed by atoms with E-state index in [4.69, 9.17) is 0 Å². The average molecular weight is 285 g/mol. The molecule has 0 aliphatic carbocycles. The normalized spacial score (nSPS) is 11.0. The third-order valence-corrected chi connectivity index (χ3v) is 3.52. The first kappa shape index (κ1) is 13.2. The third-order valence-electron chi connectivity index (χ3n) is 3.52. The molecule has 0 fully saturated rings. The van der Waals surface area contributed by atoms with Crippen molar-refractivity contribution in [2.75, 3.05) is 5.32 Å². The minimum Gasteiger partial charge on any atom is -0.476 e. The molecule has 0 spiro atoms. The van der Waals surface area contributed by atoms with Gasteiger partial charge < -0.3 is 10.4 Å². The van der Waals surface area contributed by atoms with Crippen molar-refractivity contribution in [1.29, 1.82) is 0 Å². The van der Waals surface area contributed by atoms with Gasteiger partial charge in [0.1, 0.15) is 5.65 Å². The Bertz CT molecular complexity index is 818. The molecule has 7 nitrogen and oxygen atoms in total. The lowest BCUT2D eigenvalue weighted by Gasteiger charge is -2.04. The van der Waals surface area contributed by atoms with Crippen LogP contribution in [0.4, 0.5) is 5.82 Å². The molecular weight excluding hydrogens is 270 g/mol. The SMILES string of the molecule is Cc1c(CNc2nc3ccccn3c2C(=O)O)cnn1C. The number of imidazole rings is 1. The van der Waals surface area contributed by atoms with Gasteiger partial charge in [0, 0.05) is 31.0 Å². The summed E-state index contributed by atoms with van der Waals surface area (Å²) in [7, 11) is 1.87. The molecule has 0 unspecified atom stereocenters. The highest BCUT2D eigenvalue weighted by atomic mass is 16.4. The van der Waals surface area contributed by atoms with Crippen LogP contribution < -0.4 is 5.32 Å². The summed E-state index contributed by atoms with van der Waals surface area (Å²) >= 11 is 0. The maximum absolute atomic E-state index is 11.5. The molecule has 0 aliphatic rings. The molecule has 7 heteroatoms. The predicted octanol–water partition coefficient (Wildman–Crippen LogP) is 1.69. The monoisotopic (exact) mass is 285 g/mol. The van der Waals surface area contributed by atoms with Crippen molar-refractivity contribution < 1.29 is 9.90 Å². The smallest absolute Gasteiger partial charge is 0.356 e. The van der Waals surface area contributed by atoms with Crippen LogP contribution in [0.5, 0.6) is 0 Å². The van der Waals surface area contributed by atoms with Gasteiger partial charge in [-0.05, 0) is 19.1 Å². The summed E-state index contributed by atoms with van der Waals surface area (Å²) in [5.74, 6) is -0.656. The van der Waals surface area contributed by atoms with Gasteiger partial charge in [0.15, 0.2) is 11.5 Å². The Morgan fingerprint density at radius 3 is 2.90 bits per heavy atom. The number of fused-ring (bicyclic) bond motifs is 1. The van der Waals surface area contributed by atoms with Gasteiger partial charge >= 0.3 is 5.97 Å². The molecule has 3 aromatic heterocycles. The lowest BCUT2D eigenvalue weighted by Crippen LogP contribution is -2.08. The molecule has 0 radical (unpaired) electrons. The van der Waals surface area contributed by atoms with E-state index in [1.807, 2.05) is 20.0 Å². The van der Waals surface area contributed by atoms with E-state index in [-0.39, 0.29) is 5.69 Å². The van der Waals surface area contributed by atoms with E-state index in [0.29, 0.717) is 18.0 Å². The molecule has 21 heavy (non-hydrogen) atoms. The van der Waals surface area contributed by atoms with E-state index in [9.17, 15) is 9.90 Å². The second kappa shape index (κ2) is 4.93. The Kier molecular flexibility index (Phi) is 3.09. The lowest BCUT2D eigenvalue weighted by atomic mass is 10.2. The highest BCUT2D eigenvalue weighted by Crippen LogP contribution is 2.19. The van der Waals surface area contributed by atoms with Crippen molar-refractivity contribution in [1.82, 2.24) is 19.2 Å². The van der Waals surface area contributed by atoms with Crippen LogP contribution in [0.3, 0.4) is 0 Å². The van der Waals surface area contributed by atoms with Crippen molar-refractivity contribution in [3.05, 3.63) is 47.5 Å². The van der Waals surface area contributed by atoms with E-state index >= 15 is 0 Å². The van der Waals surface area contributed by atoms with Crippen molar-refractivity contribution in [2.24, 2.45) is 7.05 Å². The number of carboxylic acids is 1. The molecule has 2 N–H and O–H groups in total. The molecule has 0 saturated heterocycles. The summed E-state index contributed by atoms with van der Waals surface area (Å²) in [5, 5.41) is 16.6. The van der Waals surface area contributed by atoms with Crippen LogP contribution in [0, 0.1) is 6.92 Å². The van der Waals surface area contributed by atoms with E-state index in [0.717, 1.165) is 11.3 Å². The summed E-state index contributed by atoms with van der Waals surface area (Å²) in [6, 6.07) is 5.37. The van der Waals surface area contributed by atoms with Crippen molar-refractivity contribution in [2.45, 2.75) is 13.5 Å². The van der Waals surface area contributed by atoms with Crippen LogP contribution in [0.1, 0.15) is 21.7 Å². The van der Waals surface area contributed by atoms with Gasteiger partial charge in [0.05, 0.1) is 6.20 Å². The number of hydrogen-bond donors (Lipinski definition) is 2. The second-order valence-corrected chi connectivity index (χ2v) is 4.78. The highest BCUT2D eigenvalue weighted by molar-refractivity contribution is 5.92. The van der Waals surface area contributed by atoms with Gasteiger partial charge in [-0.25, -0.2) is 9.78 Å². The van der Waals surface area contributed by atoms with Crippen LogP contribution in [-0.4, -0.2) is 30.2 Å². The average Bonchev–Trinajstić information content (AvgIpc) is 2.98. The summed E-state index contributed by atoms with van der Waals surface area (Å²) < 4.78 is 3.33. The molecule has 0 bridgehead atoms. The van der Waals surface area contributed by atoms with Crippen LogP contribution >= 0.6 is 0 Å². The zero-order valence-corrected chi connectivity index (χ0v) is 11.7. The standard InChI is InChI=1S/C14H15N5O2/c1-9-10(8-16-18(9)2)7-15-13-12(14(20)21)19-6-4-3-5-11(19)17-13/h3-6,8,15H,7H2,1-2H3,(H,20,21). The Hall–Kier alpha value is -2.83. The zero-order chi connectivity index (χ0) is 15.0. The quantitative estimate of drug-likeness (QED) is 0.762. The van der Waals surface area contributed by atoms with E-state index in [1.54, 1.807) is 33.6 Å². The van der Waals surface area contributed by atoms with Crippen LogP contribution in [0.25, 0.3) is 5.65 Å². The summed E-state index contributed by atoms with van der Waals surface area (Å²) in [4.78, 5) is 15.8. The Morgan fingerprint density at radius 2 is 2.24 bits per heavy atom. The molecule has 3 aromatic rings. The van der Waals surface area contributed by atoms with Gasteiger partial charge in [0.2, 0.25) is 0 Å². The van der Waals surface area contributed by atoms with Crippen molar-refractivity contribution in [3.8, 4) is 0 Å². The molecular formula is C14H15N5O2. The maximum atomic E-state index is 11.5. The number of aryl methyl sites for hydroxylation is 1. The van der Waals surface area contributed by atoms with Gasteiger partial charge in [-0.1, -0.05) is 6.07 Å². The van der Waals surface area contributed by atoms with Gasteiger partial charge in [0.25, 0.3) is 0 Å². The number of nitrogens with one attached hydrogen (secondary N) is 1. The largest absolute Gasteiger partial charge is 0.476 e. The van der Waals surface area contributed by atoms with Gasteiger partial charge in [-0.2, -0.15) is 5.10 Å². The number of aromatic carboxylic acids is 1. The number of carboxylic acid groups (broad SMARTS) is 1. The fourth-order valence-electron chi connectivity index (χ4n) is 2.22. The second-order valence-electron chi connectivity index (χ2n) is 4.78. The Balaban J connectivity index is 1.95. The molecule has 0 saturated carbocycles. The maximum Gasteiger partial charge on any atom is 0.356 e. The van der Waals surface area contributed by atoms with Gasteiger partial charge in [-0.15, -0.1) is 0 Å². The first-order valence-corrected chi connectivity index (χ1v) is 6.49. The number of anilines is 1. The first-order valence-electron chi connectivity index (χ1n) is 6.49. The molecule has 0 atom stereocenters. The van der Waals surface area contributed by atoms with E-state index < -0.39 is 5.97 Å². The zero-order valence-electron chi connectivity index (χ0n) is 11.7. The fourth-order valence-corrected chi connectivity index (χ4v) is 2.22. The summed E-state index contributed by atoms with van der Waals surface area (Å²) in [5.41, 5.74) is 2.77. The number of rotatable bonds is 4. The van der Waals surface area contributed by atoms with Crippen LogP contribution in [0.2, 0.25) is 0 Å². The molecule has 0 amide bonds. The van der Waals surface area contributed by atoms with E-state index in [1.165, 1.54) is 0 Å². The van der Waals surface area contributed by atoms with Crippen LogP contribution in [-0.2, 0) is 13.6 Å². The number of aromatic nitrogens is 4. The third kappa shape index (κ3) is 2.22. The molecule has 0 aliphatic heterocycles. The number of nitrogens with zero attached hydrogens (tertiary/aromatic N) is 4. The Labute approximate surface area is 120 Å². The van der Waals surface area contributed by atoms with Crippen molar-refractivity contribution >= 4 is 17.4 Å². The summed E-state index contributed by atoms with van der Waals surface area (Å²) in [6.45, 7) is 2.44. The summed E-state index contributed by atoms with van der Waals surface area (Å²) in [6.07, 6.45) is 3.45.